The van der Waals surface area contributed by atoms with Gasteiger partial charge >= 0.3 is 0 Å². The average molecular weight is 404 g/mol. The van der Waals surface area contributed by atoms with E-state index in [0.717, 1.165) is 57.4 Å². The number of hydrogen-bond acceptors (Lipinski definition) is 5. The topological polar surface area (TPSA) is 54.3 Å². The summed E-state index contributed by atoms with van der Waals surface area (Å²) in [4.78, 5) is 27.6. The summed E-state index contributed by atoms with van der Waals surface area (Å²) < 4.78 is 16.9. The van der Waals surface area contributed by atoms with E-state index in [4.69, 9.17) is 0 Å². The van der Waals surface area contributed by atoms with Crippen molar-refractivity contribution in [2.75, 3.05) is 36.8 Å². The summed E-state index contributed by atoms with van der Waals surface area (Å²) in [5.41, 5.74) is 1.10. The van der Waals surface area contributed by atoms with Crippen LogP contribution in [0.4, 0.5) is 10.1 Å². The summed E-state index contributed by atoms with van der Waals surface area (Å²) in [5.74, 6) is 0.309. The van der Waals surface area contributed by atoms with Gasteiger partial charge in [0.1, 0.15) is 5.82 Å². The zero-order valence-electron chi connectivity index (χ0n) is 16.2. The van der Waals surface area contributed by atoms with Crippen molar-refractivity contribution in [1.29, 1.82) is 0 Å². The number of carbonyl (C=O) groups is 1. The van der Waals surface area contributed by atoms with Crippen molar-refractivity contribution in [2.24, 2.45) is 0 Å². The second kappa shape index (κ2) is 8.25. The Morgan fingerprint density at radius 3 is 2.71 bits per heavy atom. The number of hydrogen-bond donors (Lipinski definition) is 1. The number of fused-ring (bicyclic) bond motifs is 1. The zero-order valence-corrected chi connectivity index (χ0v) is 17.0. The van der Waals surface area contributed by atoms with Crippen molar-refractivity contribution in [1.82, 2.24) is 9.88 Å². The number of pyridine rings is 1. The van der Waals surface area contributed by atoms with Gasteiger partial charge in [-0.2, -0.15) is 0 Å². The number of unbranched alkanes of at least 4 members (excludes halogenated alkanes) is 1. The van der Waals surface area contributed by atoms with Gasteiger partial charge < -0.3 is 14.8 Å². The fraction of sp³-hybridized carbons (Fsp3) is 0.524. The first kappa shape index (κ1) is 19.5. The van der Waals surface area contributed by atoms with Gasteiger partial charge in [-0.1, -0.05) is 25.1 Å². The predicted molar refractivity (Wildman–Crippen MR) is 113 cm³/mol. The van der Waals surface area contributed by atoms with Crippen molar-refractivity contribution < 1.29 is 9.18 Å². The minimum atomic E-state index is -0.392. The smallest absolute Gasteiger partial charge is 0.224 e. The third-order valence-corrected chi connectivity index (χ3v) is 6.42. The molecule has 1 aromatic heterocycles. The Kier molecular flexibility index (Phi) is 5.73. The molecule has 2 aliphatic rings. The van der Waals surface area contributed by atoms with Gasteiger partial charge in [0.05, 0.1) is 16.8 Å². The third kappa shape index (κ3) is 3.82. The zero-order chi connectivity index (χ0) is 19.7. The molecule has 1 N–H and O–H groups in total. The van der Waals surface area contributed by atoms with E-state index in [0.29, 0.717) is 16.8 Å². The highest BCUT2D eigenvalue weighted by atomic mass is 32.2. The first-order valence-electron chi connectivity index (χ1n) is 10.1. The van der Waals surface area contributed by atoms with Crippen LogP contribution in [0, 0.1) is 5.82 Å². The second-order valence-electron chi connectivity index (χ2n) is 7.56. The Bertz CT molecular complexity index is 949. The lowest BCUT2D eigenvalue weighted by atomic mass is 10.1. The molecule has 0 bridgehead atoms. The molecule has 5 nitrogen and oxygen atoms in total. The van der Waals surface area contributed by atoms with Crippen LogP contribution in [0.5, 0.6) is 0 Å². The van der Waals surface area contributed by atoms with Gasteiger partial charge in [0.25, 0.3) is 0 Å². The second-order valence-corrected chi connectivity index (χ2v) is 8.63. The average Bonchev–Trinajstić information content (AvgIpc) is 3.54. The summed E-state index contributed by atoms with van der Waals surface area (Å²) in [6.07, 6.45) is 5.70. The Hall–Kier alpha value is -1.86. The normalized spacial score (nSPS) is 17.3. The number of aromatic nitrogens is 1. The molecule has 2 fully saturated rings. The van der Waals surface area contributed by atoms with Crippen molar-refractivity contribution in [3.63, 3.8) is 0 Å². The number of anilines is 1. The third-order valence-electron chi connectivity index (χ3n) is 5.45. The number of piperazine rings is 1. The molecule has 4 rings (SSSR count). The predicted octanol–water partition coefficient (Wildman–Crippen LogP) is 3.56. The number of nitrogens with one attached hydrogen (secondary N) is 1. The molecule has 2 aromatic rings. The van der Waals surface area contributed by atoms with E-state index in [9.17, 15) is 14.0 Å². The van der Waals surface area contributed by atoms with E-state index >= 15 is 0 Å². The molecule has 0 amide bonds. The number of thioether (sulfide) groups is 1. The maximum atomic E-state index is 14.9. The summed E-state index contributed by atoms with van der Waals surface area (Å²) >= 11 is 1.19. The van der Waals surface area contributed by atoms with Crippen LogP contribution in [0.25, 0.3) is 10.9 Å². The van der Waals surface area contributed by atoms with Gasteiger partial charge in [0.2, 0.25) is 10.5 Å². The molecule has 1 aliphatic heterocycles. The quantitative estimate of drug-likeness (QED) is 0.748. The Morgan fingerprint density at radius 1 is 1.29 bits per heavy atom. The van der Waals surface area contributed by atoms with Crippen LogP contribution >= 0.6 is 11.8 Å². The monoisotopic (exact) mass is 403 g/mol. The van der Waals surface area contributed by atoms with E-state index in [2.05, 4.69) is 12.2 Å². The Labute approximate surface area is 168 Å². The molecule has 0 spiro atoms. The highest BCUT2D eigenvalue weighted by Crippen LogP contribution is 2.38. The van der Waals surface area contributed by atoms with Crippen LogP contribution in [0.3, 0.4) is 0 Å². The molecule has 0 radical (unpaired) electrons. The maximum absolute atomic E-state index is 14.9. The molecule has 1 saturated carbocycles. The highest BCUT2D eigenvalue weighted by Gasteiger charge is 2.28. The standard InChI is InChI=1S/C21H26FN3O2S/c1-2-3-10-28-21(27)16-13-25(14-4-5-14)18-12-19(24-8-6-23-7-9-24)17(22)11-15(18)20(16)26/h11-14,23H,2-10H2,1H3. The number of nitrogens with zero attached hydrogens (tertiary/aromatic N) is 2. The lowest BCUT2D eigenvalue weighted by molar-refractivity contribution is 0.108. The van der Waals surface area contributed by atoms with Gasteiger partial charge in [-0.3, -0.25) is 9.59 Å². The van der Waals surface area contributed by atoms with Crippen LogP contribution in [0.1, 0.15) is 49.0 Å². The molecule has 7 heteroatoms. The lowest BCUT2D eigenvalue weighted by Gasteiger charge is -2.30. The first-order chi connectivity index (χ1) is 13.6. The molecular formula is C21H26FN3O2S. The van der Waals surface area contributed by atoms with Crippen molar-refractivity contribution in [3.8, 4) is 0 Å². The highest BCUT2D eigenvalue weighted by molar-refractivity contribution is 8.14. The van der Waals surface area contributed by atoms with Gasteiger partial charge in [-0.15, -0.1) is 0 Å². The number of benzene rings is 1. The molecule has 150 valence electrons. The Balaban J connectivity index is 1.79. The Morgan fingerprint density at radius 2 is 2.04 bits per heavy atom. The number of halogens is 1. The molecule has 0 atom stereocenters. The number of rotatable bonds is 6. The lowest BCUT2D eigenvalue weighted by Crippen LogP contribution is -2.43. The molecule has 0 unspecified atom stereocenters. The molecule has 1 saturated heterocycles. The molecular weight excluding hydrogens is 377 g/mol. The van der Waals surface area contributed by atoms with Gasteiger partial charge in [-0.05, 0) is 31.4 Å². The summed E-state index contributed by atoms with van der Waals surface area (Å²) in [6, 6.07) is 3.42. The van der Waals surface area contributed by atoms with E-state index in [1.165, 1.54) is 17.8 Å². The number of carbonyl (C=O) groups excluding carboxylic acids is 1. The summed E-state index contributed by atoms with van der Waals surface area (Å²) in [6.45, 7) is 5.17. The maximum Gasteiger partial charge on any atom is 0.224 e. The van der Waals surface area contributed by atoms with Crippen molar-refractivity contribution in [3.05, 3.63) is 39.9 Å². The van der Waals surface area contributed by atoms with Crippen LogP contribution < -0.4 is 15.6 Å². The molecule has 28 heavy (non-hydrogen) atoms. The fourth-order valence-corrected chi connectivity index (χ4v) is 4.61. The SMILES string of the molecule is CCCCSC(=O)c1cn(C2CC2)c2cc(N3CCNCC3)c(F)cc2c1=O. The van der Waals surface area contributed by atoms with E-state index in [1.807, 2.05) is 9.47 Å². The van der Waals surface area contributed by atoms with Crippen molar-refractivity contribution >= 4 is 33.5 Å². The molecule has 2 heterocycles. The van der Waals surface area contributed by atoms with E-state index in [-0.39, 0.29) is 22.1 Å². The van der Waals surface area contributed by atoms with Crippen LogP contribution in [-0.2, 0) is 0 Å². The first-order valence-corrected chi connectivity index (χ1v) is 11.1. The van der Waals surface area contributed by atoms with Crippen LogP contribution in [0.2, 0.25) is 0 Å². The van der Waals surface area contributed by atoms with Gasteiger partial charge in [-0.25, -0.2) is 4.39 Å². The van der Waals surface area contributed by atoms with Crippen molar-refractivity contribution in [2.45, 2.75) is 38.6 Å². The van der Waals surface area contributed by atoms with Gasteiger partial charge in [0, 0.05) is 49.6 Å². The molecule has 1 aromatic carbocycles. The summed E-state index contributed by atoms with van der Waals surface area (Å²) in [5, 5.41) is 3.37. The van der Waals surface area contributed by atoms with Crippen LogP contribution in [0.15, 0.2) is 23.1 Å². The van der Waals surface area contributed by atoms with E-state index in [1.54, 1.807) is 12.3 Å². The minimum Gasteiger partial charge on any atom is -0.367 e. The fourth-order valence-electron chi connectivity index (χ4n) is 3.69. The molecule has 1 aliphatic carbocycles. The van der Waals surface area contributed by atoms with Crippen LogP contribution in [-0.4, -0.2) is 41.6 Å². The van der Waals surface area contributed by atoms with E-state index < -0.39 is 5.82 Å². The van der Waals surface area contributed by atoms with Gasteiger partial charge in [0.15, 0.2) is 0 Å². The summed E-state index contributed by atoms with van der Waals surface area (Å²) in [7, 11) is 0. The minimum absolute atomic E-state index is 0.176. The largest absolute Gasteiger partial charge is 0.367 e.